The third kappa shape index (κ3) is 3.98. The van der Waals surface area contributed by atoms with Gasteiger partial charge in [-0.3, -0.25) is 14.4 Å². The minimum Gasteiger partial charge on any atom is -0.493 e. The van der Waals surface area contributed by atoms with Crippen molar-refractivity contribution in [3.05, 3.63) is 48.0 Å². The van der Waals surface area contributed by atoms with Crippen LogP contribution in [0.4, 0.5) is 5.95 Å². The van der Waals surface area contributed by atoms with Crippen molar-refractivity contribution in [2.75, 3.05) is 59.6 Å². The standard InChI is InChI=1S/C24H31N7O2/c1-28(2)12-7-13-29-15-25-23-27-22(17-10-11-20(32-3)21(14-17)33-4)31-19-9-6-5-8-18(19)26-24(31)30(23)16-29/h5-6,8-11,14,22H,7,12-13,15-16H2,1-4H3,(H,25,27)/t22-/m1/s1. The third-order valence-corrected chi connectivity index (χ3v) is 6.16. The maximum atomic E-state index is 5.57. The van der Waals surface area contributed by atoms with Crippen LogP contribution in [0.3, 0.4) is 0 Å². The molecule has 3 aromatic rings. The second-order valence-corrected chi connectivity index (χ2v) is 8.68. The van der Waals surface area contributed by atoms with Crippen molar-refractivity contribution >= 4 is 22.9 Å². The molecule has 1 aromatic heterocycles. The molecule has 174 valence electrons. The van der Waals surface area contributed by atoms with Gasteiger partial charge in [0.25, 0.3) is 0 Å². The molecule has 0 saturated heterocycles. The van der Waals surface area contributed by atoms with Crippen LogP contribution in [0.25, 0.3) is 11.0 Å². The fourth-order valence-corrected chi connectivity index (χ4v) is 4.52. The molecule has 0 bridgehead atoms. The van der Waals surface area contributed by atoms with Crippen LogP contribution in [0.5, 0.6) is 11.5 Å². The molecule has 1 atom stereocenters. The van der Waals surface area contributed by atoms with E-state index in [1.165, 1.54) is 0 Å². The van der Waals surface area contributed by atoms with Crippen molar-refractivity contribution < 1.29 is 9.47 Å². The number of aliphatic imine (C=N–C) groups is 1. The number of para-hydroxylation sites is 2. The molecule has 2 aromatic carbocycles. The molecular weight excluding hydrogens is 418 g/mol. The Hall–Kier alpha value is -3.30. The van der Waals surface area contributed by atoms with E-state index in [-0.39, 0.29) is 6.17 Å². The molecule has 2 aliphatic rings. The van der Waals surface area contributed by atoms with Gasteiger partial charge in [0.2, 0.25) is 11.9 Å². The number of benzene rings is 2. The minimum atomic E-state index is -0.164. The number of imidazole rings is 1. The highest BCUT2D eigenvalue weighted by molar-refractivity contribution is 5.98. The first-order valence-corrected chi connectivity index (χ1v) is 11.2. The number of ether oxygens (including phenoxy) is 2. The second-order valence-electron chi connectivity index (χ2n) is 8.68. The quantitative estimate of drug-likeness (QED) is 0.594. The topological polar surface area (TPSA) is 70.4 Å². The second kappa shape index (κ2) is 8.92. The Morgan fingerprint density at radius 2 is 1.91 bits per heavy atom. The van der Waals surface area contributed by atoms with Gasteiger partial charge in [0.05, 0.1) is 38.6 Å². The molecule has 3 heterocycles. The zero-order valence-electron chi connectivity index (χ0n) is 19.7. The maximum Gasteiger partial charge on any atom is 0.216 e. The number of fused-ring (bicyclic) bond motifs is 5. The number of nitrogens with one attached hydrogen (secondary N) is 1. The monoisotopic (exact) mass is 449 g/mol. The Morgan fingerprint density at radius 3 is 2.70 bits per heavy atom. The summed E-state index contributed by atoms with van der Waals surface area (Å²) in [5, 5.41) is 3.66. The summed E-state index contributed by atoms with van der Waals surface area (Å²) in [5.74, 6) is 3.15. The van der Waals surface area contributed by atoms with Crippen molar-refractivity contribution in [1.29, 1.82) is 0 Å². The molecule has 0 amide bonds. The van der Waals surface area contributed by atoms with Gasteiger partial charge in [-0.25, -0.2) is 9.98 Å². The van der Waals surface area contributed by atoms with Crippen LogP contribution in [-0.2, 0) is 0 Å². The van der Waals surface area contributed by atoms with Crippen LogP contribution >= 0.6 is 0 Å². The molecule has 0 aliphatic carbocycles. The SMILES string of the molecule is COc1ccc([C@@H]2NC3=NCN(CCCN(C)C)CN3c3nc4ccccc4n32)cc1OC. The predicted octanol–water partition coefficient (Wildman–Crippen LogP) is 2.55. The molecule has 9 nitrogen and oxygen atoms in total. The average Bonchev–Trinajstić information content (AvgIpc) is 3.23. The molecule has 0 spiro atoms. The fraction of sp³-hybridized carbons (Fsp3) is 0.417. The summed E-state index contributed by atoms with van der Waals surface area (Å²) < 4.78 is 13.3. The molecule has 9 heteroatoms. The van der Waals surface area contributed by atoms with Gasteiger partial charge in [-0.15, -0.1) is 0 Å². The van der Waals surface area contributed by atoms with E-state index < -0.39 is 0 Å². The Kier molecular flexibility index (Phi) is 5.82. The van der Waals surface area contributed by atoms with Gasteiger partial charge in [-0.1, -0.05) is 18.2 Å². The van der Waals surface area contributed by atoms with Gasteiger partial charge in [0.1, 0.15) is 6.17 Å². The van der Waals surface area contributed by atoms with E-state index in [9.17, 15) is 0 Å². The molecule has 0 fully saturated rings. The summed E-state index contributed by atoms with van der Waals surface area (Å²) in [6.07, 6.45) is 0.937. The molecule has 1 N–H and O–H groups in total. The predicted molar refractivity (Wildman–Crippen MR) is 130 cm³/mol. The van der Waals surface area contributed by atoms with Crippen molar-refractivity contribution in [3.63, 3.8) is 0 Å². The maximum absolute atomic E-state index is 5.57. The molecule has 0 radical (unpaired) electrons. The Bertz CT molecular complexity index is 1170. The van der Waals surface area contributed by atoms with Crippen LogP contribution in [-0.4, -0.2) is 80.1 Å². The van der Waals surface area contributed by atoms with Crippen molar-refractivity contribution in [1.82, 2.24) is 24.7 Å². The van der Waals surface area contributed by atoms with Gasteiger partial charge >= 0.3 is 0 Å². The van der Waals surface area contributed by atoms with Crippen LogP contribution in [0.15, 0.2) is 47.5 Å². The van der Waals surface area contributed by atoms with E-state index in [1.54, 1.807) is 14.2 Å². The number of rotatable bonds is 7. The van der Waals surface area contributed by atoms with Gasteiger partial charge in [0.15, 0.2) is 11.5 Å². The van der Waals surface area contributed by atoms with Crippen LogP contribution in [0.1, 0.15) is 18.2 Å². The molecule has 0 saturated carbocycles. The average molecular weight is 450 g/mol. The minimum absolute atomic E-state index is 0.164. The first kappa shape index (κ1) is 21.5. The Labute approximate surface area is 194 Å². The first-order chi connectivity index (χ1) is 16.1. The van der Waals surface area contributed by atoms with E-state index in [0.29, 0.717) is 18.2 Å². The summed E-state index contributed by atoms with van der Waals surface area (Å²) in [4.78, 5) is 16.6. The van der Waals surface area contributed by atoms with Gasteiger partial charge in [0, 0.05) is 6.54 Å². The van der Waals surface area contributed by atoms with E-state index in [0.717, 1.165) is 54.7 Å². The summed E-state index contributed by atoms with van der Waals surface area (Å²) in [6, 6.07) is 14.3. The molecule has 2 aliphatic heterocycles. The zero-order valence-corrected chi connectivity index (χ0v) is 19.7. The van der Waals surface area contributed by atoms with Crippen molar-refractivity contribution in [2.45, 2.75) is 12.6 Å². The highest BCUT2D eigenvalue weighted by Gasteiger charge is 2.36. The summed E-state index contributed by atoms with van der Waals surface area (Å²) in [7, 11) is 7.53. The van der Waals surface area contributed by atoms with Crippen LogP contribution in [0.2, 0.25) is 0 Å². The molecule has 5 rings (SSSR count). The fourth-order valence-electron chi connectivity index (χ4n) is 4.52. The lowest BCUT2D eigenvalue weighted by Crippen LogP contribution is -2.57. The summed E-state index contributed by atoms with van der Waals surface area (Å²) in [6.45, 7) is 3.47. The van der Waals surface area contributed by atoms with E-state index in [2.05, 4.69) is 62.9 Å². The number of nitrogens with zero attached hydrogens (tertiary/aromatic N) is 6. The molecule has 33 heavy (non-hydrogen) atoms. The van der Waals surface area contributed by atoms with Crippen LogP contribution in [0, 0.1) is 0 Å². The zero-order chi connectivity index (χ0) is 22.9. The van der Waals surface area contributed by atoms with Gasteiger partial charge in [-0.05, 0) is 56.9 Å². The highest BCUT2D eigenvalue weighted by Crippen LogP contribution is 2.36. The Balaban J connectivity index is 1.54. The molecular formula is C24H31N7O2. The van der Waals surface area contributed by atoms with Gasteiger partial charge in [-0.2, -0.15) is 0 Å². The highest BCUT2D eigenvalue weighted by atomic mass is 16.5. The van der Waals surface area contributed by atoms with E-state index in [1.807, 2.05) is 18.2 Å². The lowest BCUT2D eigenvalue weighted by Gasteiger charge is -2.41. The number of guanidine groups is 1. The Morgan fingerprint density at radius 1 is 1.09 bits per heavy atom. The normalized spacial score (nSPS) is 18.0. The third-order valence-electron chi connectivity index (χ3n) is 6.16. The number of methoxy groups -OCH3 is 2. The molecule has 0 unspecified atom stereocenters. The number of hydrogen-bond acceptors (Lipinski definition) is 8. The summed E-state index contributed by atoms with van der Waals surface area (Å²) in [5.41, 5.74) is 3.09. The smallest absolute Gasteiger partial charge is 0.216 e. The van der Waals surface area contributed by atoms with Gasteiger partial charge < -0.3 is 19.7 Å². The van der Waals surface area contributed by atoms with E-state index in [4.69, 9.17) is 19.5 Å². The lowest BCUT2D eigenvalue weighted by atomic mass is 10.1. The number of aromatic nitrogens is 2. The van der Waals surface area contributed by atoms with Crippen molar-refractivity contribution in [2.24, 2.45) is 4.99 Å². The van der Waals surface area contributed by atoms with Crippen LogP contribution < -0.4 is 19.7 Å². The largest absolute Gasteiger partial charge is 0.493 e. The lowest BCUT2D eigenvalue weighted by molar-refractivity contribution is 0.254. The van der Waals surface area contributed by atoms with Crippen molar-refractivity contribution in [3.8, 4) is 11.5 Å². The first-order valence-electron chi connectivity index (χ1n) is 11.2. The summed E-state index contributed by atoms with van der Waals surface area (Å²) >= 11 is 0. The van der Waals surface area contributed by atoms with E-state index >= 15 is 0 Å². The number of hydrogen-bond donors (Lipinski definition) is 1. The number of anilines is 1.